The summed E-state index contributed by atoms with van der Waals surface area (Å²) in [5.74, 6) is 0. The molecule has 0 saturated carbocycles. The van der Waals surface area contributed by atoms with Gasteiger partial charge < -0.3 is 15.2 Å². The fraction of sp³-hybridized carbons (Fsp3) is 0.519. The smallest absolute Gasteiger partial charge is 0.408 e. The fourth-order valence-electron chi connectivity index (χ4n) is 4.85. The molecule has 2 atom stereocenters. The molecule has 2 aliphatic rings. The number of amides is 2. The minimum atomic E-state index is -0.885. The highest BCUT2D eigenvalue weighted by Crippen LogP contribution is 2.32. The van der Waals surface area contributed by atoms with Crippen LogP contribution in [0, 0.1) is 11.3 Å². The van der Waals surface area contributed by atoms with E-state index >= 15 is 0 Å². The van der Waals surface area contributed by atoms with Gasteiger partial charge in [0.2, 0.25) is 0 Å². The molecule has 0 saturated heterocycles. The Bertz CT molecular complexity index is 1210. The Kier molecular flexibility index (Phi) is 8.33. The molecule has 0 radical (unpaired) electrons. The van der Waals surface area contributed by atoms with Gasteiger partial charge >= 0.3 is 12.2 Å². The number of hydrogen-bond donors (Lipinski definition) is 2. The van der Waals surface area contributed by atoms with Gasteiger partial charge in [0.1, 0.15) is 22.5 Å². The van der Waals surface area contributed by atoms with Gasteiger partial charge in [-0.15, -0.1) is 0 Å². The largest absolute Gasteiger partial charge is 0.465 e. The molecule has 37 heavy (non-hydrogen) atoms. The van der Waals surface area contributed by atoms with Crippen LogP contribution < -0.4 is 5.32 Å². The topological polar surface area (TPSA) is 128 Å². The van der Waals surface area contributed by atoms with Crippen molar-refractivity contribution in [3.05, 3.63) is 57.6 Å². The van der Waals surface area contributed by atoms with Crippen molar-refractivity contribution in [2.75, 3.05) is 0 Å². The Hall–Kier alpha value is -3.38. The maximum atomic E-state index is 11.7. The number of ether oxygens (including phenoxy) is 1. The van der Waals surface area contributed by atoms with Crippen molar-refractivity contribution < 1.29 is 19.4 Å². The van der Waals surface area contributed by atoms with Crippen molar-refractivity contribution in [1.82, 2.24) is 20.2 Å². The number of aromatic nitrogens is 2. The molecule has 2 N–H and O–H groups in total. The second-order valence-corrected chi connectivity index (χ2v) is 11.6. The lowest BCUT2D eigenvalue weighted by atomic mass is 10.0. The lowest BCUT2D eigenvalue weighted by Gasteiger charge is -2.38. The number of rotatable bonds is 2. The number of carbonyl (C=O) groups is 2. The molecule has 4 rings (SSSR count). The van der Waals surface area contributed by atoms with Crippen LogP contribution in [0.25, 0.3) is 0 Å². The average Bonchev–Trinajstić information content (AvgIpc) is 3.35. The SMILES string of the molecule is CC(C)(C)N(C(=O)O)C1Cc2ccnc(Cl)c2C1.CC(C)(C)OC(=O)NC1Cc2ccnc(C#N)c2C1. The van der Waals surface area contributed by atoms with Gasteiger partial charge in [0.15, 0.2) is 0 Å². The standard InChI is InChI=1S/C14H17N3O2.C13H17ClN2O2/c1-14(2,3)19-13(18)17-10-6-9-4-5-16-12(8-15)11(9)7-10;1-13(2,3)16(12(17)18)9-6-8-4-5-15-11(14)10(8)7-9/h4-5,10H,6-7H2,1-3H3,(H,17,18);4-5,9H,6-7H2,1-3H3,(H,17,18). The van der Waals surface area contributed by atoms with E-state index < -0.39 is 23.3 Å². The van der Waals surface area contributed by atoms with E-state index in [9.17, 15) is 14.7 Å². The van der Waals surface area contributed by atoms with E-state index in [1.807, 2.05) is 53.7 Å². The number of nitrogens with zero attached hydrogens (tertiary/aromatic N) is 4. The predicted octanol–water partition coefficient (Wildman–Crippen LogP) is 4.93. The quantitative estimate of drug-likeness (QED) is 0.530. The third kappa shape index (κ3) is 7.10. The number of carboxylic acid groups (broad SMARTS) is 1. The summed E-state index contributed by atoms with van der Waals surface area (Å²) in [6, 6.07) is 5.82. The fourth-order valence-corrected chi connectivity index (χ4v) is 5.11. The van der Waals surface area contributed by atoms with Crippen LogP contribution in [0.2, 0.25) is 5.15 Å². The molecule has 198 valence electrons. The van der Waals surface area contributed by atoms with Crippen LogP contribution >= 0.6 is 11.6 Å². The third-order valence-electron chi connectivity index (χ3n) is 6.19. The van der Waals surface area contributed by atoms with Gasteiger partial charge in [0, 0.05) is 30.0 Å². The van der Waals surface area contributed by atoms with E-state index in [0.717, 1.165) is 22.3 Å². The van der Waals surface area contributed by atoms with Crippen LogP contribution in [0.3, 0.4) is 0 Å². The lowest BCUT2D eigenvalue weighted by Crippen LogP contribution is -2.51. The predicted molar refractivity (Wildman–Crippen MR) is 140 cm³/mol. The van der Waals surface area contributed by atoms with Crippen molar-refractivity contribution in [2.45, 2.75) is 90.4 Å². The summed E-state index contributed by atoms with van der Waals surface area (Å²) in [6.07, 6.45) is 4.70. The molecule has 2 amide bonds. The number of fused-ring (bicyclic) bond motifs is 2. The molecule has 10 heteroatoms. The lowest BCUT2D eigenvalue weighted by molar-refractivity contribution is 0.0506. The molecule has 2 aromatic rings. The van der Waals surface area contributed by atoms with Gasteiger partial charge in [-0.2, -0.15) is 5.26 Å². The maximum absolute atomic E-state index is 11.7. The van der Waals surface area contributed by atoms with Crippen LogP contribution in [0.5, 0.6) is 0 Å². The van der Waals surface area contributed by atoms with Gasteiger partial charge in [0.25, 0.3) is 0 Å². The molecule has 2 aromatic heterocycles. The molecule has 2 heterocycles. The van der Waals surface area contributed by atoms with Gasteiger partial charge in [-0.05, 0) is 102 Å². The van der Waals surface area contributed by atoms with Crippen molar-refractivity contribution >= 4 is 23.8 Å². The first kappa shape index (κ1) is 28.2. The number of hydrogen-bond acceptors (Lipinski definition) is 6. The molecule has 0 aliphatic heterocycles. The highest BCUT2D eigenvalue weighted by molar-refractivity contribution is 6.30. The number of nitriles is 1. The van der Waals surface area contributed by atoms with Crippen molar-refractivity contribution in [1.29, 1.82) is 5.26 Å². The average molecular weight is 528 g/mol. The molecule has 9 nitrogen and oxygen atoms in total. The zero-order valence-electron chi connectivity index (χ0n) is 22.1. The number of alkyl carbamates (subject to hydrolysis) is 1. The van der Waals surface area contributed by atoms with Crippen molar-refractivity contribution in [3.8, 4) is 6.07 Å². The van der Waals surface area contributed by atoms with Gasteiger partial charge in [-0.25, -0.2) is 19.6 Å². The van der Waals surface area contributed by atoms with E-state index in [1.54, 1.807) is 12.4 Å². The second-order valence-electron chi connectivity index (χ2n) is 11.3. The number of pyridine rings is 2. The van der Waals surface area contributed by atoms with Crippen molar-refractivity contribution in [2.24, 2.45) is 0 Å². The highest BCUT2D eigenvalue weighted by Gasteiger charge is 2.37. The van der Waals surface area contributed by atoms with E-state index in [1.165, 1.54) is 4.90 Å². The highest BCUT2D eigenvalue weighted by atomic mass is 35.5. The van der Waals surface area contributed by atoms with Crippen LogP contribution in [0.1, 0.15) is 69.5 Å². The first-order valence-corrected chi connectivity index (χ1v) is 12.6. The molecular weight excluding hydrogens is 494 g/mol. The molecule has 2 unspecified atom stereocenters. The van der Waals surface area contributed by atoms with E-state index in [4.69, 9.17) is 21.6 Å². The number of halogens is 1. The number of nitrogens with one attached hydrogen (secondary N) is 1. The number of carbonyl (C=O) groups excluding carboxylic acids is 1. The summed E-state index contributed by atoms with van der Waals surface area (Å²) in [6.45, 7) is 11.2. The van der Waals surface area contributed by atoms with E-state index in [0.29, 0.717) is 36.5 Å². The summed E-state index contributed by atoms with van der Waals surface area (Å²) >= 11 is 6.06. The second kappa shape index (κ2) is 10.9. The van der Waals surface area contributed by atoms with Gasteiger partial charge in [0.05, 0.1) is 0 Å². The molecular formula is C27H34ClN5O4. The summed E-state index contributed by atoms with van der Waals surface area (Å²) in [5, 5.41) is 21.7. The van der Waals surface area contributed by atoms with Crippen LogP contribution in [-0.4, -0.2) is 55.4 Å². The zero-order chi connectivity index (χ0) is 27.5. The molecule has 0 bridgehead atoms. The van der Waals surface area contributed by atoms with Crippen LogP contribution in [0.4, 0.5) is 9.59 Å². The van der Waals surface area contributed by atoms with Gasteiger partial charge in [-0.3, -0.25) is 4.90 Å². The minimum Gasteiger partial charge on any atom is -0.465 e. The normalized spacial score (nSPS) is 18.0. The summed E-state index contributed by atoms with van der Waals surface area (Å²) in [7, 11) is 0. The Balaban J connectivity index is 0.000000206. The van der Waals surface area contributed by atoms with Crippen molar-refractivity contribution in [3.63, 3.8) is 0 Å². The van der Waals surface area contributed by atoms with Crippen LogP contribution in [-0.2, 0) is 30.4 Å². The van der Waals surface area contributed by atoms with E-state index in [2.05, 4.69) is 21.4 Å². The third-order valence-corrected chi connectivity index (χ3v) is 6.51. The monoisotopic (exact) mass is 527 g/mol. The summed E-state index contributed by atoms with van der Waals surface area (Å²) in [5.41, 5.74) is 3.63. The zero-order valence-corrected chi connectivity index (χ0v) is 22.9. The Morgan fingerprint density at radius 2 is 1.68 bits per heavy atom. The molecule has 0 spiro atoms. The summed E-state index contributed by atoms with van der Waals surface area (Å²) < 4.78 is 5.22. The minimum absolute atomic E-state index is 0.0267. The van der Waals surface area contributed by atoms with E-state index in [-0.39, 0.29) is 12.1 Å². The first-order chi connectivity index (χ1) is 17.2. The van der Waals surface area contributed by atoms with Gasteiger partial charge in [-0.1, -0.05) is 11.6 Å². The molecule has 2 aliphatic carbocycles. The summed E-state index contributed by atoms with van der Waals surface area (Å²) in [4.78, 5) is 32.8. The Morgan fingerprint density at radius 1 is 1.05 bits per heavy atom. The van der Waals surface area contributed by atoms with Crippen LogP contribution in [0.15, 0.2) is 24.5 Å². The molecule has 0 aromatic carbocycles. The first-order valence-electron chi connectivity index (χ1n) is 12.2. The maximum Gasteiger partial charge on any atom is 0.408 e. The molecule has 0 fully saturated rings. The Labute approximate surface area is 222 Å². The Morgan fingerprint density at radius 3 is 2.22 bits per heavy atom.